The van der Waals surface area contributed by atoms with Crippen molar-refractivity contribution in [3.05, 3.63) is 5.69 Å². The third kappa shape index (κ3) is 1.47. The zero-order valence-corrected chi connectivity index (χ0v) is 6.53. The van der Waals surface area contributed by atoms with Gasteiger partial charge in [0.2, 0.25) is 0 Å². The minimum absolute atomic E-state index is 0.0735. The van der Waals surface area contributed by atoms with Gasteiger partial charge in [0.25, 0.3) is 0 Å². The maximum atomic E-state index is 11.1. The Morgan fingerprint density at radius 1 is 1.64 bits per heavy atom. The maximum absolute atomic E-state index is 11.1. The van der Waals surface area contributed by atoms with Gasteiger partial charge in [0.15, 0.2) is 5.78 Å². The summed E-state index contributed by atoms with van der Waals surface area (Å²) in [6, 6.07) is 0. The lowest BCUT2D eigenvalue weighted by atomic mass is 10.00. The first kappa shape index (κ1) is 7.98. The molecule has 1 aromatic heterocycles. The molecule has 1 aromatic rings. The smallest absolute Gasteiger partial charge is 0.183 e. The third-order valence-electron chi connectivity index (χ3n) is 1.33. The van der Waals surface area contributed by atoms with Gasteiger partial charge >= 0.3 is 0 Å². The quantitative estimate of drug-likeness (QED) is 0.408. The number of carbonyl (C=O) groups is 1. The predicted molar refractivity (Wildman–Crippen MR) is 41.0 cm³/mol. The molecule has 0 aliphatic carbocycles. The third-order valence-corrected chi connectivity index (χ3v) is 1.33. The van der Waals surface area contributed by atoms with Crippen LogP contribution in [-0.2, 0) is 7.05 Å². The van der Waals surface area contributed by atoms with Crippen LogP contribution in [0.15, 0.2) is 0 Å². The summed E-state index contributed by atoms with van der Waals surface area (Å²) in [7, 11) is 7.03. The van der Waals surface area contributed by atoms with Crippen molar-refractivity contribution in [1.82, 2.24) is 15.0 Å². The van der Waals surface area contributed by atoms with E-state index in [9.17, 15) is 4.79 Å². The lowest BCUT2D eigenvalue weighted by molar-refractivity contribution is 0.0984. The van der Waals surface area contributed by atoms with E-state index in [1.54, 1.807) is 14.0 Å². The summed E-state index contributed by atoms with van der Waals surface area (Å²) in [5.41, 5.74) is 0.481. The Morgan fingerprint density at radius 3 is 2.64 bits per heavy atom. The van der Waals surface area contributed by atoms with E-state index >= 15 is 0 Å². The molecule has 0 N–H and O–H groups in total. The summed E-state index contributed by atoms with van der Waals surface area (Å²) >= 11 is 0. The summed E-state index contributed by atoms with van der Waals surface area (Å²) in [5.74, 6) is -0.0735. The van der Waals surface area contributed by atoms with Gasteiger partial charge in [-0.1, -0.05) is 6.92 Å². The molecule has 0 aliphatic rings. The van der Waals surface area contributed by atoms with Crippen LogP contribution < -0.4 is 5.59 Å². The molecule has 1 heterocycles. The molecule has 1 rings (SSSR count). The van der Waals surface area contributed by atoms with Crippen LogP contribution in [0.2, 0.25) is 0 Å². The van der Waals surface area contributed by atoms with Gasteiger partial charge in [-0.2, -0.15) is 15.0 Å². The van der Waals surface area contributed by atoms with E-state index in [-0.39, 0.29) is 17.1 Å². The number of hydrogen-bond acceptors (Lipinski definition) is 3. The molecule has 4 nitrogen and oxygen atoms in total. The number of aromatic nitrogens is 3. The molecule has 0 unspecified atom stereocenters. The zero-order valence-electron chi connectivity index (χ0n) is 6.53. The number of Topliss-reactive ketones (excluding diaryl/α,β-unsaturated/α-hetero) is 1. The van der Waals surface area contributed by atoms with Crippen LogP contribution in [0.3, 0.4) is 0 Å². The molecular formula is C6H8BN3O. The van der Waals surface area contributed by atoms with E-state index in [0.29, 0.717) is 6.42 Å². The zero-order chi connectivity index (χ0) is 8.43. The molecule has 0 aliphatic heterocycles. The van der Waals surface area contributed by atoms with Crippen molar-refractivity contribution < 1.29 is 4.79 Å². The topological polar surface area (TPSA) is 47.8 Å². The Bertz CT molecular complexity index is 281. The van der Waals surface area contributed by atoms with E-state index in [4.69, 9.17) is 7.85 Å². The Hall–Kier alpha value is -1.13. The first-order valence-electron chi connectivity index (χ1n) is 3.35. The summed E-state index contributed by atoms with van der Waals surface area (Å²) in [6.07, 6.45) is 0.406. The number of hydrogen-bond donors (Lipinski definition) is 0. The second-order valence-electron chi connectivity index (χ2n) is 2.20. The van der Waals surface area contributed by atoms with Crippen molar-refractivity contribution in [3.8, 4) is 0 Å². The standard InChI is InChI=1S/C6H8BN3O/c1-3-4(11)5-6(7)9-10(2)8-5/h3H2,1-2H3. The second kappa shape index (κ2) is 2.86. The molecule has 0 bridgehead atoms. The fourth-order valence-corrected chi connectivity index (χ4v) is 0.788. The van der Waals surface area contributed by atoms with Crippen molar-refractivity contribution in [1.29, 1.82) is 0 Å². The number of rotatable bonds is 2. The van der Waals surface area contributed by atoms with Gasteiger partial charge in [-0.15, -0.1) is 0 Å². The lowest BCUT2D eigenvalue weighted by Crippen LogP contribution is -2.14. The van der Waals surface area contributed by atoms with Gasteiger partial charge in [0.1, 0.15) is 13.5 Å². The van der Waals surface area contributed by atoms with Gasteiger partial charge < -0.3 is 0 Å². The van der Waals surface area contributed by atoms with Crippen molar-refractivity contribution >= 4 is 19.2 Å². The molecule has 5 heteroatoms. The van der Waals surface area contributed by atoms with Gasteiger partial charge in [0, 0.05) is 19.1 Å². The van der Waals surface area contributed by atoms with Gasteiger partial charge in [-0.05, 0) is 0 Å². The molecule has 0 fully saturated rings. The SMILES string of the molecule is [B]c1nn(C)nc1C(=O)CC. The lowest BCUT2D eigenvalue weighted by Gasteiger charge is -1.89. The first-order chi connectivity index (χ1) is 5.15. The molecule has 0 spiro atoms. The minimum atomic E-state index is -0.0735. The van der Waals surface area contributed by atoms with Crippen LogP contribution in [0.5, 0.6) is 0 Å². The summed E-state index contributed by atoms with van der Waals surface area (Å²) < 4.78 is 0. The molecule has 2 radical (unpaired) electrons. The largest absolute Gasteiger partial charge is 0.292 e. The number of aryl methyl sites for hydroxylation is 1. The van der Waals surface area contributed by atoms with Gasteiger partial charge in [-0.3, -0.25) is 4.79 Å². The van der Waals surface area contributed by atoms with Crippen LogP contribution in [0, 0.1) is 0 Å². The molecule has 0 saturated heterocycles. The second-order valence-corrected chi connectivity index (χ2v) is 2.20. The average molecular weight is 149 g/mol. The first-order valence-corrected chi connectivity index (χ1v) is 3.35. The van der Waals surface area contributed by atoms with Gasteiger partial charge in [-0.25, -0.2) is 0 Å². The van der Waals surface area contributed by atoms with Crippen molar-refractivity contribution in [2.24, 2.45) is 7.05 Å². The van der Waals surface area contributed by atoms with E-state index in [2.05, 4.69) is 10.2 Å². The summed E-state index contributed by atoms with van der Waals surface area (Å²) in [6.45, 7) is 1.76. The highest BCUT2D eigenvalue weighted by Gasteiger charge is 2.10. The predicted octanol–water partition coefficient (Wildman–Crippen LogP) is -0.798. The monoisotopic (exact) mass is 149 g/mol. The molecule has 56 valence electrons. The van der Waals surface area contributed by atoms with E-state index in [0.717, 1.165) is 0 Å². The van der Waals surface area contributed by atoms with E-state index in [1.165, 1.54) is 4.80 Å². The van der Waals surface area contributed by atoms with E-state index in [1.807, 2.05) is 0 Å². The number of carbonyl (C=O) groups excluding carboxylic acids is 1. The average Bonchev–Trinajstić information content (AvgIpc) is 2.28. The fourth-order valence-electron chi connectivity index (χ4n) is 0.788. The highest BCUT2D eigenvalue weighted by molar-refractivity contribution is 6.34. The Morgan fingerprint density at radius 2 is 2.27 bits per heavy atom. The molecule has 11 heavy (non-hydrogen) atoms. The van der Waals surface area contributed by atoms with Crippen molar-refractivity contribution in [3.63, 3.8) is 0 Å². The normalized spacial score (nSPS) is 10.0. The molecule has 0 saturated carbocycles. The fraction of sp³-hybridized carbons (Fsp3) is 0.500. The Labute approximate surface area is 66.0 Å². The van der Waals surface area contributed by atoms with Crippen LogP contribution in [0.25, 0.3) is 0 Å². The highest BCUT2D eigenvalue weighted by atomic mass is 16.1. The summed E-state index contributed by atoms with van der Waals surface area (Å²) in [5, 5.41) is 7.55. The van der Waals surface area contributed by atoms with Gasteiger partial charge in [0.05, 0.1) is 0 Å². The van der Waals surface area contributed by atoms with Crippen molar-refractivity contribution in [2.45, 2.75) is 13.3 Å². The Kier molecular flexibility index (Phi) is 2.07. The molecule has 0 aromatic carbocycles. The molecule has 0 amide bonds. The van der Waals surface area contributed by atoms with Crippen LogP contribution in [-0.4, -0.2) is 28.6 Å². The molecular weight excluding hydrogens is 141 g/mol. The highest BCUT2D eigenvalue weighted by Crippen LogP contribution is 1.92. The van der Waals surface area contributed by atoms with Crippen LogP contribution in [0.4, 0.5) is 0 Å². The van der Waals surface area contributed by atoms with Crippen molar-refractivity contribution in [2.75, 3.05) is 0 Å². The minimum Gasteiger partial charge on any atom is -0.292 e. The van der Waals surface area contributed by atoms with E-state index < -0.39 is 0 Å². The van der Waals surface area contributed by atoms with Crippen LogP contribution in [0.1, 0.15) is 23.8 Å². The van der Waals surface area contributed by atoms with Crippen LogP contribution >= 0.6 is 0 Å². The summed E-state index contributed by atoms with van der Waals surface area (Å²) in [4.78, 5) is 12.3. The molecule has 0 atom stereocenters. The number of ketones is 1. The number of nitrogens with zero attached hydrogens (tertiary/aromatic N) is 3. The Balaban J connectivity index is 3.03. The maximum Gasteiger partial charge on any atom is 0.183 e.